The summed E-state index contributed by atoms with van der Waals surface area (Å²) in [6.45, 7) is 2.80. The van der Waals surface area contributed by atoms with E-state index in [4.69, 9.17) is 9.84 Å². The zero-order chi connectivity index (χ0) is 24.5. The van der Waals surface area contributed by atoms with Crippen LogP contribution in [-0.4, -0.2) is 67.5 Å². The zero-order valence-electron chi connectivity index (χ0n) is 21.1. The SMILES string of the molecule is COc1ccc(C(=O)NC[C@H]2C[C@@H]3CCN2C[C@@H]3c2cc(-c3ccc(N(C)C)cc3)nn2C)cc1. The van der Waals surface area contributed by atoms with E-state index >= 15 is 0 Å². The van der Waals surface area contributed by atoms with E-state index in [2.05, 4.69) is 71.3 Å². The average molecular weight is 474 g/mol. The normalized spacial score (nSPS) is 23.2. The molecule has 1 N–H and O–H groups in total. The van der Waals surface area contributed by atoms with Gasteiger partial charge in [0.2, 0.25) is 0 Å². The monoisotopic (exact) mass is 473 g/mol. The summed E-state index contributed by atoms with van der Waals surface area (Å²) in [4.78, 5) is 17.3. The van der Waals surface area contributed by atoms with Crippen molar-refractivity contribution in [1.29, 1.82) is 0 Å². The van der Waals surface area contributed by atoms with Gasteiger partial charge in [-0.1, -0.05) is 12.1 Å². The molecule has 0 spiro atoms. The number of benzene rings is 2. The molecule has 1 amide bonds. The van der Waals surface area contributed by atoms with Crippen LogP contribution in [0.3, 0.4) is 0 Å². The number of anilines is 1. The highest BCUT2D eigenvalue weighted by Crippen LogP contribution is 2.42. The Kier molecular flexibility index (Phi) is 6.52. The molecule has 7 nitrogen and oxygen atoms in total. The Morgan fingerprint density at radius 1 is 1.14 bits per heavy atom. The molecule has 3 saturated heterocycles. The van der Waals surface area contributed by atoms with Crippen molar-refractivity contribution in [3.8, 4) is 17.0 Å². The number of nitrogens with zero attached hydrogens (tertiary/aromatic N) is 4. The Morgan fingerprint density at radius 3 is 2.51 bits per heavy atom. The number of rotatable bonds is 7. The summed E-state index contributed by atoms with van der Waals surface area (Å²) < 4.78 is 7.26. The molecule has 3 aromatic rings. The summed E-state index contributed by atoms with van der Waals surface area (Å²) in [5.74, 6) is 1.82. The molecule has 4 heterocycles. The summed E-state index contributed by atoms with van der Waals surface area (Å²) in [5.41, 5.74) is 5.35. The van der Waals surface area contributed by atoms with Crippen molar-refractivity contribution in [1.82, 2.24) is 20.0 Å². The third-order valence-electron chi connectivity index (χ3n) is 7.70. The van der Waals surface area contributed by atoms with E-state index in [1.165, 1.54) is 17.8 Å². The van der Waals surface area contributed by atoms with Gasteiger partial charge in [-0.25, -0.2) is 0 Å². The third-order valence-corrected chi connectivity index (χ3v) is 7.70. The van der Waals surface area contributed by atoms with Gasteiger partial charge in [0, 0.05) is 68.7 Å². The number of carbonyl (C=O) groups is 1. The van der Waals surface area contributed by atoms with Gasteiger partial charge in [0.1, 0.15) is 5.75 Å². The number of methoxy groups -OCH3 is 1. The van der Waals surface area contributed by atoms with Gasteiger partial charge >= 0.3 is 0 Å². The van der Waals surface area contributed by atoms with Gasteiger partial charge in [0.05, 0.1) is 12.8 Å². The first-order valence-corrected chi connectivity index (χ1v) is 12.4. The van der Waals surface area contributed by atoms with Gasteiger partial charge in [-0.05, 0) is 67.8 Å². The number of amides is 1. The molecule has 1 unspecified atom stereocenters. The van der Waals surface area contributed by atoms with Crippen LogP contribution in [0.5, 0.6) is 5.75 Å². The van der Waals surface area contributed by atoms with Gasteiger partial charge in [-0.2, -0.15) is 5.10 Å². The van der Waals surface area contributed by atoms with E-state index in [9.17, 15) is 4.79 Å². The van der Waals surface area contributed by atoms with Crippen LogP contribution in [0.4, 0.5) is 5.69 Å². The second-order valence-electron chi connectivity index (χ2n) is 10.00. The predicted octanol–water partition coefficient (Wildman–Crippen LogP) is 3.77. The highest BCUT2D eigenvalue weighted by atomic mass is 16.5. The summed E-state index contributed by atoms with van der Waals surface area (Å²) >= 11 is 0. The lowest BCUT2D eigenvalue weighted by Gasteiger charge is -2.50. The number of hydrogen-bond donors (Lipinski definition) is 1. The lowest BCUT2D eigenvalue weighted by molar-refractivity contribution is 0.0280. The van der Waals surface area contributed by atoms with Crippen molar-refractivity contribution in [3.05, 3.63) is 65.9 Å². The highest BCUT2D eigenvalue weighted by Gasteiger charge is 2.41. The van der Waals surface area contributed by atoms with Crippen LogP contribution >= 0.6 is 0 Å². The molecule has 3 fully saturated rings. The van der Waals surface area contributed by atoms with E-state index in [0.717, 1.165) is 36.5 Å². The molecule has 0 radical (unpaired) electrons. The molecule has 0 aliphatic carbocycles. The first kappa shape index (κ1) is 23.4. The van der Waals surface area contributed by atoms with E-state index in [1.807, 2.05) is 24.3 Å². The number of carbonyl (C=O) groups excluding carboxylic acids is 1. The van der Waals surface area contributed by atoms with Crippen molar-refractivity contribution >= 4 is 11.6 Å². The maximum atomic E-state index is 12.6. The third kappa shape index (κ3) is 4.78. The fourth-order valence-corrected chi connectivity index (χ4v) is 5.64. The number of aryl methyl sites for hydroxylation is 1. The highest BCUT2D eigenvalue weighted by molar-refractivity contribution is 5.94. The predicted molar refractivity (Wildman–Crippen MR) is 139 cm³/mol. The smallest absolute Gasteiger partial charge is 0.251 e. The minimum absolute atomic E-state index is 0.0246. The lowest BCUT2D eigenvalue weighted by Crippen LogP contribution is -2.56. The molecular weight excluding hydrogens is 438 g/mol. The average Bonchev–Trinajstić information content (AvgIpc) is 3.29. The number of nitrogens with one attached hydrogen (secondary N) is 1. The molecule has 6 rings (SSSR count). The molecule has 3 aliphatic heterocycles. The standard InChI is InChI=1S/C28H35N5O2/c1-31(2)22-9-5-19(6-10-22)26-16-27(32(3)30-26)25-18-33-14-13-21(25)15-23(33)17-29-28(34)20-7-11-24(35-4)12-8-20/h5-12,16,21,23,25H,13-15,17-18H2,1-4H3,(H,29,34)/t21-,23+,25-/m0/s1. The van der Waals surface area contributed by atoms with Gasteiger partial charge in [0.25, 0.3) is 5.91 Å². The molecule has 2 aromatic carbocycles. The van der Waals surface area contributed by atoms with Crippen LogP contribution in [0.2, 0.25) is 0 Å². The van der Waals surface area contributed by atoms with Crippen molar-refractivity contribution in [2.45, 2.75) is 24.8 Å². The number of ether oxygens (including phenoxy) is 1. The fourth-order valence-electron chi connectivity index (χ4n) is 5.64. The minimum atomic E-state index is -0.0246. The van der Waals surface area contributed by atoms with Gasteiger partial charge in [-0.3, -0.25) is 14.4 Å². The largest absolute Gasteiger partial charge is 0.497 e. The van der Waals surface area contributed by atoms with E-state index in [-0.39, 0.29) is 5.91 Å². The molecule has 4 atom stereocenters. The van der Waals surface area contributed by atoms with Crippen LogP contribution in [0, 0.1) is 5.92 Å². The Bertz CT molecular complexity index is 1170. The van der Waals surface area contributed by atoms with Crippen LogP contribution in [0.25, 0.3) is 11.3 Å². The van der Waals surface area contributed by atoms with Gasteiger partial charge in [-0.15, -0.1) is 0 Å². The molecule has 184 valence electrons. The number of aromatic nitrogens is 2. The molecule has 1 aromatic heterocycles. The first-order chi connectivity index (χ1) is 16.9. The Labute approximate surface area is 207 Å². The van der Waals surface area contributed by atoms with E-state index in [0.29, 0.717) is 30.0 Å². The number of hydrogen-bond acceptors (Lipinski definition) is 5. The fraction of sp³-hybridized carbons (Fsp3) is 0.429. The second-order valence-corrected chi connectivity index (χ2v) is 10.00. The van der Waals surface area contributed by atoms with Crippen molar-refractivity contribution in [2.75, 3.05) is 45.7 Å². The van der Waals surface area contributed by atoms with E-state index in [1.54, 1.807) is 7.11 Å². The van der Waals surface area contributed by atoms with Crippen LogP contribution < -0.4 is 15.0 Å². The van der Waals surface area contributed by atoms with E-state index < -0.39 is 0 Å². The Hall–Kier alpha value is -3.32. The molecule has 2 bridgehead atoms. The Morgan fingerprint density at radius 2 is 1.89 bits per heavy atom. The van der Waals surface area contributed by atoms with Gasteiger partial charge < -0.3 is 15.0 Å². The summed E-state index contributed by atoms with van der Waals surface area (Å²) in [6, 6.07) is 18.5. The maximum Gasteiger partial charge on any atom is 0.251 e. The topological polar surface area (TPSA) is 62.6 Å². The molecule has 35 heavy (non-hydrogen) atoms. The maximum absolute atomic E-state index is 12.6. The zero-order valence-corrected chi connectivity index (χ0v) is 21.1. The minimum Gasteiger partial charge on any atom is -0.497 e. The Balaban J connectivity index is 1.23. The van der Waals surface area contributed by atoms with Crippen LogP contribution in [0.15, 0.2) is 54.6 Å². The molecule has 0 saturated carbocycles. The van der Waals surface area contributed by atoms with Crippen molar-refractivity contribution in [2.24, 2.45) is 13.0 Å². The summed E-state index contributed by atoms with van der Waals surface area (Å²) in [7, 11) is 7.80. The van der Waals surface area contributed by atoms with Crippen LogP contribution in [0.1, 0.15) is 34.8 Å². The quantitative estimate of drug-likeness (QED) is 0.566. The van der Waals surface area contributed by atoms with Crippen molar-refractivity contribution < 1.29 is 9.53 Å². The second kappa shape index (κ2) is 9.74. The summed E-state index contributed by atoms with van der Waals surface area (Å²) in [5, 5.41) is 8.01. The van der Waals surface area contributed by atoms with Crippen molar-refractivity contribution in [3.63, 3.8) is 0 Å². The number of fused-ring (bicyclic) bond motifs is 3. The van der Waals surface area contributed by atoms with Crippen LogP contribution in [-0.2, 0) is 7.05 Å². The summed E-state index contributed by atoms with van der Waals surface area (Å²) in [6.07, 6.45) is 2.30. The first-order valence-electron chi connectivity index (χ1n) is 12.4. The molecule has 3 aliphatic rings. The molecule has 7 heteroatoms. The number of piperidine rings is 3. The lowest BCUT2D eigenvalue weighted by atomic mass is 9.74. The van der Waals surface area contributed by atoms with Gasteiger partial charge in [0.15, 0.2) is 0 Å². The molecular formula is C28H35N5O2.